The molecule has 1 aromatic carbocycles. The van der Waals surface area contributed by atoms with Crippen molar-refractivity contribution in [2.45, 2.75) is 32.6 Å². The molecular weight excluding hydrogens is 320 g/mol. The number of aromatic nitrogens is 1. The Balaban J connectivity index is 2.15. The fraction of sp³-hybridized carbons (Fsp3) is 0.389. The van der Waals surface area contributed by atoms with E-state index in [1.165, 1.54) is 0 Å². The summed E-state index contributed by atoms with van der Waals surface area (Å²) in [4.78, 5) is 4.25. The Bertz CT molecular complexity index is 773. The monoisotopic (exact) mass is 342 g/mol. The SMILES string of the molecule is CCC(CC)c1nc(C#N)c(N/N=C/c2ccc(OC)c(OC)c2)o1. The molecule has 0 spiro atoms. The Labute approximate surface area is 147 Å². The van der Waals surface area contributed by atoms with Crippen LogP contribution in [0.3, 0.4) is 0 Å². The highest BCUT2D eigenvalue weighted by Gasteiger charge is 2.18. The number of nitrogens with zero attached hydrogens (tertiary/aromatic N) is 3. The molecule has 0 fully saturated rings. The first-order chi connectivity index (χ1) is 12.2. The average Bonchev–Trinajstić information content (AvgIpc) is 3.05. The van der Waals surface area contributed by atoms with Gasteiger partial charge in [-0.1, -0.05) is 13.8 Å². The zero-order valence-electron chi connectivity index (χ0n) is 14.9. The quantitative estimate of drug-likeness (QED) is 0.577. The summed E-state index contributed by atoms with van der Waals surface area (Å²) >= 11 is 0. The number of benzene rings is 1. The number of nitrogens with one attached hydrogen (secondary N) is 1. The van der Waals surface area contributed by atoms with Crippen LogP contribution >= 0.6 is 0 Å². The molecule has 2 rings (SSSR count). The zero-order chi connectivity index (χ0) is 18.2. The number of hydrogen-bond donors (Lipinski definition) is 1. The molecular formula is C18H22N4O3. The molecule has 7 nitrogen and oxygen atoms in total. The lowest BCUT2D eigenvalue weighted by Gasteiger charge is -2.07. The largest absolute Gasteiger partial charge is 0.493 e. The van der Waals surface area contributed by atoms with Crippen molar-refractivity contribution in [2.24, 2.45) is 5.10 Å². The van der Waals surface area contributed by atoms with Crippen molar-refractivity contribution in [1.82, 2.24) is 4.98 Å². The molecule has 132 valence electrons. The molecule has 1 heterocycles. The van der Waals surface area contributed by atoms with E-state index in [1.54, 1.807) is 32.6 Å². The topological polar surface area (TPSA) is 92.7 Å². The molecule has 0 aliphatic heterocycles. The van der Waals surface area contributed by atoms with Gasteiger partial charge in [-0.15, -0.1) is 0 Å². The van der Waals surface area contributed by atoms with Crippen molar-refractivity contribution in [3.05, 3.63) is 35.3 Å². The van der Waals surface area contributed by atoms with Gasteiger partial charge in [-0.05, 0) is 36.6 Å². The predicted octanol–water partition coefficient (Wildman–Crippen LogP) is 3.91. The molecule has 0 bridgehead atoms. The van der Waals surface area contributed by atoms with Crippen molar-refractivity contribution in [3.63, 3.8) is 0 Å². The lowest BCUT2D eigenvalue weighted by molar-refractivity contribution is 0.355. The molecule has 0 saturated heterocycles. The maximum absolute atomic E-state index is 9.21. The van der Waals surface area contributed by atoms with Crippen molar-refractivity contribution in [1.29, 1.82) is 5.26 Å². The predicted molar refractivity (Wildman–Crippen MR) is 95.3 cm³/mol. The van der Waals surface area contributed by atoms with Gasteiger partial charge in [0.05, 0.1) is 20.4 Å². The van der Waals surface area contributed by atoms with Crippen molar-refractivity contribution < 1.29 is 13.9 Å². The lowest BCUT2D eigenvalue weighted by Crippen LogP contribution is -1.95. The van der Waals surface area contributed by atoms with Gasteiger partial charge in [-0.25, -0.2) is 10.4 Å². The van der Waals surface area contributed by atoms with E-state index in [-0.39, 0.29) is 17.5 Å². The molecule has 1 N–H and O–H groups in total. The molecule has 1 aromatic heterocycles. The molecule has 25 heavy (non-hydrogen) atoms. The minimum atomic E-state index is 0.192. The maximum Gasteiger partial charge on any atom is 0.252 e. The number of ether oxygens (including phenoxy) is 2. The molecule has 0 atom stereocenters. The number of hydrazone groups is 1. The maximum atomic E-state index is 9.21. The smallest absolute Gasteiger partial charge is 0.252 e. The van der Waals surface area contributed by atoms with E-state index >= 15 is 0 Å². The highest BCUT2D eigenvalue weighted by molar-refractivity contribution is 5.81. The minimum Gasteiger partial charge on any atom is -0.493 e. The van der Waals surface area contributed by atoms with Gasteiger partial charge in [0.1, 0.15) is 6.07 Å². The number of anilines is 1. The molecule has 0 unspecified atom stereocenters. The van der Waals surface area contributed by atoms with Crippen LogP contribution in [0.1, 0.15) is 49.8 Å². The summed E-state index contributed by atoms with van der Waals surface area (Å²) in [5, 5.41) is 13.3. The Morgan fingerprint density at radius 2 is 2.00 bits per heavy atom. The third-order valence-corrected chi connectivity index (χ3v) is 3.87. The molecule has 0 radical (unpaired) electrons. The highest BCUT2D eigenvalue weighted by Crippen LogP contribution is 2.28. The van der Waals surface area contributed by atoms with E-state index in [2.05, 4.69) is 29.4 Å². The molecule has 2 aromatic rings. The summed E-state index contributed by atoms with van der Waals surface area (Å²) in [6.45, 7) is 4.12. The minimum absolute atomic E-state index is 0.192. The standard InChI is InChI=1S/C18H22N4O3/c1-5-13(6-2)17-21-14(10-19)18(25-17)22-20-11-12-7-8-15(23-3)16(9-12)24-4/h7-9,11,13,22H,5-6H2,1-4H3/b20-11+. The second-order valence-corrected chi connectivity index (χ2v) is 5.34. The van der Waals surface area contributed by atoms with Crippen LogP contribution in [0.2, 0.25) is 0 Å². The first-order valence-electron chi connectivity index (χ1n) is 8.08. The van der Waals surface area contributed by atoms with Gasteiger partial charge in [0.15, 0.2) is 11.5 Å². The summed E-state index contributed by atoms with van der Waals surface area (Å²) in [7, 11) is 3.15. The fourth-order valence-electron chi connectivity index (χ4n) is 2.40. The van der Waals surface area contributed by atoms with Gasteiger partial charge in [0.2, 0.25) is 11.6 Å². The van der Waals surface area contributed by atoms with Crippen LogP contribution in [-0.2, 0) is 0 Å². The number of nitriles is 1. The number of hydrogen-bond acceptors (Lipinski definition) is 7. The van der Waals surface area contributed by atoms with E-state index in [9.17, 15) is 5.26 Å². The van der Waals surface area contributed by atoms with Gasteiger partial charge in [0.25, 0.3) is 5.88 Å². The third kappa shape index (κ3) is 4.29. The van der Waals surface area contributed by atoms with E-state index < -0.39 is 0 Å². The van der Waals surface area contributed by atoms with Crippen LogP contribution in [-0.4, -0.2) is 25.4 Å². The summed E-state index contributed by atoms with van der Waals surface area (Å²) in [6.07, 6.45) is 3.40. The summed E-state index contributed by atoms with van der Waals surface area (Å²) in [6, 6.07) is 7.45. The Hall–Kier alpha value is -3.01. The van der Waals surface area contributed by atoms with Crippen LogP contribution < -0.4 is 14.9 Å². The Morgan fingerprint density at radius 1 is 1.28 bits per heavy atom. The Morgan fingerprint density at radius 3 is 2.60 bits per heavy atom. The Kier molecular flexibility index (Phi) is 6.40. The fourth-order valence-corrected chi connectivity index (χ4v) is 2.40. The number of methoxy groups -OCH3 is 2. The lowest BCUT2D eigenvalue weighted by atomic mass is 10.0. The van der Waals surface area contributed by atoms with Crippen molar-refractivity contribution >= 4 is 12.1 Å². The van der Waals surface area contributed by atoms with E-state index in [4.69, 9.17) is 13.9 Å². The average molecular weight is 342 g/mol. The van der Waals surface area contributed by atoms with Crippen LogP contribution in [0.5, 0.6) is 11.5 Å². The zero-order valence-corrected chi connectivity index (χ0v) is 14.9. The highest BCUT2D eigenvalue weighted by atomic mass is 16.5. The molecule has 0 amide bonds. The molecule has 7 heteroatoms. The van der Waals surface area contributed by atoms with E-state index in [1.807, 2.05) is 12.1 Å². The second-order valence-electron chi connectivity index (χ2n) is 5.34. The molecule has 0 aliphatic rings. The van der Waals surface area contributed by atoms with Gasteiger partial charge >= 0.3 is 0 Å². The first-order valence-corrected chi connectivity index (χ1v) is 8.08. The van der Waals surface area contributed by atoms with Gasteiger partial charge in [-0.2, -0.15) is 10.4 Å². The van der Waals surface area contributed by atoms with Crippen molar-refractivity contribution in [3.8, 4) is 17.6 Å². The van der Waals surface area contributed by atoms with Gasteiger partial charge in [-0.3, -0.25) is 0 Å². The normalized spacial score (nSPS) is 10.9. The summed E-state index contributed by atoms with van der Waals surface area (Å²) in [5.41, 5.74) is 3.76. The van der Waals surface area contributed by atoms with E-state index in [0.29, 0.717) is 17.4 Å². The second kappa shape index (κ2) is 8.73. The van der Waals surface area contributed by atoms with Crippen LogP contribution in [0, 0.1) is 11.3 Å². The van der Waals surface area contributed by atoms with Gasteiger partial charge in [0, 0.05) is 5.92 Å². The third-order valence-electron chi connectivity index (χ3n) is 3.87. The number of oxazole rings is 1. The van der Waals surface area contributed by atoms with Crippen LogP contribution in [0.4, 0.5) is 5.88 Å². The number of rotatable bonds is 8. The summed E-state index contributed by atoms with van der Waals surface area (Å²) < 4.78 is 16.1. The first kappa shape index (κ1) is 18.3. The van der Waals surface area contributed by atoms with Crippen LogP contribution in [0.15, 0.2) is 27.7 Å². The molecule has 0 saturated carbocycles. The molecule has 0 aliphatic carbocycles. The van der Waals surface area contributed by atoms with Crippen LogP contribution in [0.25, 0.3) is 0 Å². The van der Waals surface area contributed by atoms with E-state index in [0.717, 1.165) is 18.4 Å². The van der Waals surface area contributed by atoms with Crippen molar-refractivity contribution in [2.75, 3.05) is 19.6 Å². The van der Waals surface area contributed by atoms with Gasteiger partial charge < -0.3 is 13.9 Å². The summed E-state index contributed by atoms with van der Waals surface area (Å²) in [5.74, 6) is 2.26.